The number of halogens is 2. The molecule has 1 aromatic carbocycles. The highest BCUT2D eigenvalue weighted by Crippen LogP contribution is 2.38. The number of ether oxygens (including phenoxy) is 1. The van der Waals surface area contributed by atoms with Crippen LogP contribution in [-0.2, 0) is 0 Å². The molecule has 0 aliphatic carbocycles. The lowest BCUT2D eigenvalue weighted by Gasteiger charge is -2.35. The summed E-state index contributed by atoms with van der Waals surface area (Å²) in [6.45, 7) is 8.80. The van der Waals surface area contributed by atoms with Crippen LogP contribution in [0.25, 0.3) is 0 Å². The second-order valence-corrected chi connectivity index (χ2v) is 5.22. The molecule has 0 unspecified atom stereocenters. The van der Waals surface area contributed by atoms with Gasteiger partial charge in [-0.25, -0.2) is 0 Å². The summed E-state index contributed by atoms with van der Waals surface area (Å²) >= 11 is 0. The van der Waals surface area contributed by atoms with Gasteiger partial charge in [0.25, 0.3) is 0 Å². The normalized spacial score (nSPS) is 16.3. The number of phenolic OH excluding ortho intramolecular Hbond substituents is 1. The maximum atomic E-state index is 10.5. The number of phenols is 1. The quantitative estimate of drug-likeness (QED) is 0.825. The van der Waals surface area contributed by atoms with E-state index in [1.807, 2.05) is 25.1 Å². The van der Waals surface area contributed by atoms with Gasteiger partial charge >= 0.3 is 0 Å². The molecule has 6 heteroatoms. The maximum absolute atomic E-state index is 10.5. The van der Waals surface area contributed by atoms with Gasteiger partial charge in [-0.05, 0) is 19.4 Å². The molecule has 1 aliphatic heterocycles. The van der Waals surface area contributed by atoms with Gasteiger partial charge in [-0.2, -0.15) is 0 Å². The third kappa shape index (κ3) is 5.20. The van der Waals surface area contributed by atoms with Crippen LogP contribution in [0.3, 0.4) is 0 Å². The van der Waals surface area contributed by atoms with Crippen molar-refractivity contribution in [3.05, 3.63) is 23.8 Å². The van der Waals surface area contributed by atoms with Gasteiger partial charge < -0.3 is 15.2 Å². The Hall–Kier alpha value is -0.680. The summed E-state index contributed by atoms with van der Waals surface area (Å²) < 4.78 is 5.51. The van der Waals surface area contributed by atoms with E-state index < -0.39 is 0 Å². The summed E-state index contributed by atoms with van der Waals surface area (Å²) in [5, 5.41) is 13.9. The standard InChI is InChI=1S/C16H26N2O2.2ClH/c1-3-6-14(18-11-9-17-10-12-18)13-7-5-8-15(16(13)19)20-4-2;;/h5,7-8,14,17,19H,3-4,6,9-12H2,1-2H3;2*1H/t14-;;/m1../s1. The number of hydrogen-bond donors (Lipinski definition) is 2. The molecule has 1 saturated heterocycles. The molecule has 22 heavy (non-hydrogen) atoms. The van der Waals surface area contributed by atoms with Crippen molar-refractivity contribution in [1.82, 2.24) is 10.2 Å². The maximum Gasteiger partial charge on any atom is 0.162 e. The van der Waals surface area contributed by atoms with Crippen LogP contribution < -0.4 is 10.1 Å². The van der Waals surface area contributed by atoms with E-state index in [1.54, 1.807) is 0 Å². The third-order valence-electron chi connectivity index (χ3n) is 3.84. The molecule has 2 rings (SSSR count). The smallest absolute Gasteiger partial charge is 0.162 e. The predicted octanol–water partition coefficient (Wildman–Crippen LogP) is 3.38. The second kappa shape index (κ2) is 10.9. The van der Waals surface area contributed by atoms with Gasteiger partial charge in [-0.15, -0.1) is 24.8 Å². The van der Waals surface area contributed by atoms with Crippen LogP contribution >= 0.6 is 24.8 Å². The molecule has 4 nitrogen and oxygen atoms in total. The summed E-state index contributed by atoms with van der Waals surface area (Å²) in [6.07, 6.45) is 2.16. The van der Waals surface area contributed by atoms with E-state index in [0.29, 0.717) is 18.1 Å². The van der Waals surface area contributed by atoms with Crippen molar-refractivity contribution in [3.8, 4) is 11.5 Å². The highest BCUT2D eigenvalue weighted by Gasteiger charge is 2.24. The molecule has 1 heterocycles. The lowest BCUT2D eigenvalue weighted by Crippen LogP contribution is -2.45. The molecule has 0 saturated carbocycles. The number of benzene rings is 1. The fraction of sp³-hybridized carbons (Fsp3) is 0.625. The van der Waals surface area contributed by atoms with Gasteiger partial charge in [-0.1, -0.05) is 25.5 Å². The monoisotopic (exact) mass is 350 g/mol. The predicted molar refractivity (Wildman–Crippen MR) is 95.9 cm³/mol. The zero-order chi connectivity index (χ0) is 14.4. The number of aromatic hydroxyl groups is 1. The molecule has 0 aromatic heterocycles. The first kappa shape index (κ1) is 21.3. The van der Waals surface area contributed by atoms with Crippen molar-refractivity contribution in [1.29, 1.82) is 0 Å². The summed E-state index contributed by atoms with van der Waals surface area (Å²) in [4.78, 5) is 2.46. The molecule has 1 aliphatic rings. The SMILES string of the molecule is CCC[C@H](c1cccc(OCC)c1O)N1CCNCC1.Cl.Cl. The van der Waals surface area contributed by atoms with Crippen LogP contribution in [0.1, 0.15) is 38.3 Å². The Kier molecular flexibility index (Phi) is 10.6. The van der Waals surface area contributed by atoms with Crippen LogP contribution in [0.5, 0.6) is 11.5 Å². The van der Waals surface area contributed by atoms with Gasteiger partial charge in [0, 0.05) is 37.8 Å². The second-order valence-electron chi connectivity index (χ2n) is 5.22. The fourth-order valence-electron chi connectivity index (χ4n) is 2.88. The Balaban J connectivity index is 0.00000220. The van der Waals surface area contributed by atoms with Crippen LogP contribution in [-0.4, -0.2) is 42.8 Å². The van der Waals surface area contributed by atoms with E-state index >= 15 is 0 Å². The highest BCUT2D eigenvalue weighted by atomic mass is 35.5. The molecule has 1 atom stereocenters. The molecule has 1 fully saturated rings. The van der Waals surface area contributed by atoms with Crippen molar-refractivity contribution in [3.63, 3.8) is 0 Å². The molecule has 0 radical (unpaired) electrons. The number of rotatable bonds is 6. The van der Waals surface area contributed by atoms with Crippen molar-refractivity contribution >= 4 is 24.8 Å². The van der Waals surface area contributed by atoms with Crippen LogP contribution in [0.2, 0.25) is 0 Å². The largest absolute Gasteiger partial charge is 0.504 e. The highest BCUT2D eigenvalue weighted by molar-refractivity contribution is 5.85. The molecule has 2 N–H and O–H groups in total. The van der Waals surface area contributed by atoms with Gasteiger partial charge in [0.15, 0.2) is 11.5 Å². The minimum absolute atomic E-state index is 0. The van der Waals surface area contributed by atoms with Crippen LogP contribution in [0.4, 0.5) is 0 Å². The van der Waals surface area contributed by atoms with Crippen molar-refractivity contribution in [2.45, 2.75) is 32.7 Å². The molecule has 0 bridgehead atoms. The lowest BCUT2D eigenvalue weighted by atomic mass is 9.98. The molecular weight excluding hydrogens is 323 g/mol. The van der Waals surface area contributed by atoms with E-state index in [2.05, 4.69) is 17.1 Å². The molecule has 1 aromatic rings. The zero-order valence-corrected chi connectivity index (χ0v) is 15.0. The number of nitrogens with one attached hydrogen (secondary N) is 1. The average molecular weight is 351 g/mol. The topological polar surface area (TPSA) is 44.7 Å². The van der Waals surface area contributed by atoms with E-state index in [-0.39, 0.29) is 30.9 Å². The van der Waals surface area contributed by atoms with E-state index in [9.17, 15) is 5.11 Å². The van der Waals surface area contributed by atoms with E-state index in [4.69, 9.17) is 4.74 Å². The third-order valence-corrected chi connectivity index (χ3v) is 3.84. The Labute approximate surface area is 146 Å². The van der Waals surface area contributed by atoms with Crippen molar-refractivity contribution in [2.24, 2.45) is 0 Å². The van der Waals surface area contributed by atoms with E-state index in [1.165, 1.54) is 0 Å². The van der Waals surface area contributed by atoms with Crippen molar-refractivity contribution in [2.75, 3.05) is 32.8 Å². The molecule has 0 amide bonds. The molecular formula is C16H28Cl2N2O2. The first-order chi connectivity index (χ1) is 9.77. The van der Waals surface area contributed by atoms with Gasteiger partial charge in [-0.3, -0.25) is 4.90 Å². The number of hydrogen-bond acceptors (Lipinski definition) is 4. The van der Waals surface area contributed by atoms with Gasteiger partial charge in [0.2, 0.25) is 0 Å². The van der Waals surface area contributed by atoms with E-state index in [0.717, 1.165) is 44.6 Å². The Morgan fingerprint density at radius 3 is 2.50 bits per heavy atom. The average Bonchev–Trinajstić information content (AvgIpc) is 2.49. The first-order valence-electron chi connectivity index (χ1n) is 7.67. The van der Waals surface area contributed by atoms with Gasteiger partial charge in [0.05, 0.1) is 6.61 Å². The Morgan fingerprint density at radius 2 is 1.91 bits per heavy atom. The van der Waals surface area contributed by atoms with Crippen LogP contribution in [0, 0.1) is 0 Å². The fourth-order valence-corrected chi connectivity index (χ4v) is 2.88. The summed E-state index contributed by atoms with van der Waals surface area (Å²) in [6, 6.07) is 6.12. The first-order valence-corrected chi connectivity index (χ1v) is 7.67. The lowest BCUT2D eigenvalue weighted by molar-refractivity contribution is 0.161. The summed E-state index contributed by atoms with van der Waals surface area (Å²) in [7, 11) is 0. The Morgan fingerprint density at radius 1 is 1.23 bits per heavy atom. The van der Waals surface area contributed by atoms with Crippen LogP contribution in [0.15, 0.2) is 18.2 Å². The summed E-state index contributed by atoms with van der Waals surface area (Å²) in [5.41, 5.74) is 1.000. The van der Waals surface area contributed by atoms with Crippen molar-refractivity contribution < 1.29 is 9.84 Å². The zero-order valence-electron chi connectivity index (χ0n) is 13.4. The number of para-hydroxylation sites is 1. The molecule has 0 spiro atoms. The summed E-state index contributed by atoms with van der Waals surface area (Å²) in [5.74, 6) is 0.910. The number of nitrogens with zero attached hydrogens (tertiary/aromatic N) is 1. The minimum atomic E-state index is 0. The van der Waals surface area contributed by atoms with Gasteiger partial charge in [0.1, 0.15) is 0 Å². The number of piperazine rings is 1. The molecule has 128 valence electrons. The Bertz CT molecular complexity index is 427. The minimum Gasteiger partial charge on any atom is -0.504 e.